The predicted octanol–water partition coefficient (Wildman–Crippen LogP) is 2.37. The van der Waals surface area contributed by atoms with Crippen molar-refractivity contribution in [2.24, 2.45) is 11.7 Å². The Hall–Kier alpha value is -3.81. The zero-order valence-electron chi connectivity index (χ0n) is 28.7. The largest absolute Gasteiger partial charge is 0.368 e. The van der Waals surface area contributed by atoms with Crippen LogP contribution in [0.5, 0.6) is 0 Å². The third-order valence-corrected chi connectivity index (χ3v) is 13.0. The number of nitrogens with one attached hydrogen (secondary N) is 5. The molecule has 0 fully saturated rings. The number of benzene rings is 1. The van der Waals surface area contributed by atoms with Crippen molar-refractivity contribution in [2.75, 3.05) is 19.6 Å². The summed E-state index contributed by atoms with van der Waals surface area (Å²) in [6.45, 7) is 11.2. The van der Waals surface area contributed by atoms with E-state index in [2.05, 4.69) is 26.6 Å². The number of carbonyl (C=O) groups excluding carboxylic acids is 6. The minimum atomic E-state index is -2.88. The first-order chi connectivity index (χ1) is 22.1. The summed E-state index contributed by atoms with van der Waals surface area (Å²) in [6.07, 6.45) is 1.12. The van der Waals surface area contributed by atoms with Crippen molar-refractivity contribution in [3.8, 4) is 0 Å². The lowest BCUT2D eigenvalue weighted by molar-refractivity contribution is -0.131. The molecule has 47 heavy (non-hydrogen) atoms. The molecule has 0 spiro atoms. The van der Waals surface area contributed by atoms with Crippen LogP contribution in [0, 0.1) is 5.92 Å². The van der Waals surface area contributed by atoms with Gasteiger partial charge in [0.05, 0.1) is 6.54 Å². The van der Waals surface area contributed by atoms with Gasteiger partial charge in [0, 0.05) is 38.8 Å². The third kappa shape index (κ3) is 16.0. The van der Waals surface area contributed by atoms with Gasteiger partial charge in [0.2, 0.25) is 35.4 Å². The van der Waals surface area contributed by atoms with Gasteiger partial charge in [-0.05, 0) is 41.4 Å². The number of halogens is 1. The topological polar surface area (TPSA) is 189 Å². The molecule has 0 aliphatic rings. The first kappa shape index (κ1) is 41.2. The van der Waals surface area contributed by atoms with Crippen LogP contribution in [0.25, 0.3) is 0 Å². The molecule has 1 aromatic carbocycles. The van der Waals surface area contributed by atoms with E-state index in [9.17, 15) is 28.8 Å². The Bertz CT molecular complexity index is 1180. The Morgan fingerprint density at radius 1 is 0.723 bits per heavy atom. The van der Waals surface area contributed by atoms with Crippen molar-refractivity contribution >= 4 is 43.9 Å². The van der Waals surface area contributed by atoms with Gasteiger partial charge >= 0.3 is 0 Å². The van der Waals surface area contributed by atoms with Crippen molar-refractivity contribution in [1.82, 2.24) is 26.6 Å². The minimum absolute atomic E-state index is 0.0205. The standard InChI is InChI=1S/C33H55FN6O6Si/c1-22(2)31(40-29(43)15-10-14-28(42)36-17-11-19-47(34,23(3)4)24(5)6)33(46)37-18-16-30(44)39-26(32(45)38-21-27(35)41)20-25-12-8-7-9-13-25/h7-9,12-13,22-24,26,31H,10-11,14-21H2,1-6H3,(H2,35,41)(H,36,42)(H,37,46)(H,38,45)(H,39,44)(H,40,43)/t26-,31-/m0/s1. The van der Waals surface area contributed by atoms with Crippen LogP contribution in [0.1, 0.15) is 79.2 Å². The molecule has 2 atom stereocenters. The molecule has 0 heterocycles. The van der Waals surface area contributed by atoms with E-state index >= 15 is 4.11 Å². The quantitative estimate of drug-likeness (QED) is 0.0620. The summed E-state index contributed by atoms with van der Waals surface area (Å²) in [5.41, 5.74) is 5.95. The Morgan fingerprint density at radius 3 is 1.89 bits per heavy atom. The highest BCUT2D eigenvalue weighted by atomic mass is 28.4. The summed E-state index contributed by atoms with van der Waals surface area (Å²) in [5.74, 6) is -3.07. The molecule has 264 valence electrons. The Kier molecular flexibility index (Phi) is 18.5. The van der Waals surface area contributed by atoms with Crippen LogP contribution in [-0.4, -0.2) is 75.6 Å². The first-order valence-electron chi connectivity index (χ1n) is 16.5. The normalized spacial score (nSPS) is 12.7. The fourth-order valence-corrected chi connectivity index (χ4v) is 8.35. The van der Waals surface area contributed by atoms with Crippen LogP contribution < -0.4 is 32.3 Å². The fraction of sp³-hybridized carbons (Fsp3) is 0.636. The average molecular weight is 679 g/mol. The lowest BCUT2D eigenvalue weighted by atomic mass is 10.0. The van der Waals surface area contributed by atoms with Crippen molar-refractivity contribution < 1.29 is 32.9 Å². The van der Waals surface area contributed by atoms with Crippen LogP contribution in [0.4, 0.5) is 4.11 Å². The molecule has 0 aromatic heterocycles. The SMILES string of the molecule is CC(C)[C@H](NC(=O)CCCC(=O)NCCC[Si](F)(C(C)C)C(C)C)C(=O)NCCC(=O)N[C@@H](Cc1ccccc1)C(=O)NCC(N)=O. The van der Waals surface area contributed by atoms with Crippen molar-refractivity contribution in [1.29, 1.82) is 0 Å². The lowest BCUT2D eigenvalue weighted by Crippen LogP contribution is -2.51. The third-order valence-electron chi connectivity index (χ3n) is 8.07. The molecule has 1 aromatic rings. The monoisotopic (exact) mass is 678 g/mol. The number of primary amides is 1. The second-order valence-corrected chi connectivity index (χ2v) is 17.5. The van der Waals surface area contributed by atoms with Gasteiger partial charge in [-0.3, -0.25) is 28.8 Å². The molecule has 7 N–H and O–H groups in total. The van der Waals surface area contributed by atoms with Crippen molar-refractivity contribution in [3.63, 3.8) is 0 Å². The van der Waals surface area contributed by atoms with E-state index in [1.807, 2.05) is 33.8 Å². The maximum atomic E-state index is 15.3. The number of carbonyl (C=O) groups is 6. The molecule has 6 amide bonds. The lowest BCUT2D eigenvalue weighted by Gasteiger charge is -2.30. The van der Waals surface area contributed by atoms with Crippen LogP contribution >= 0.6 is 0 Å². The van der Waals surface area contributed by atoms with E-state index in [4.69, 9.17) is 5.73 Å². The molecule has 0 aliphatic carbocycles. The second kappa shape index (κ2) is 21.1. The molecule has 0 aliphatic heterocycles. The van der Waals surface area contributed by atoms with Gasteiger partial charge in [-0.15, -0.1) is 0 Å². The number of amides is 6. The van der Waals surface area contributed by atoms with Gasteiger partial charge in [0.1, 0.15) is 12.1 Å². The Balaban J connectivity index is 2.49. The summed E-state index contributed by atoms with van der Waals surface area (Å²) in [7, 11) is -2.88. The number of hydrogen-bond donors (Lipinski definition) is 6. The van der Waals surface area contributed by atoms with Crippen LogP contribution in [0.2, 0.25) is 17.1 Å². The zero-order chi connectivity index (χ0) is 35.6. The smallest absolute Gasteiger partial charge is 0.252 e. The highest BCUT2D eigenvalue weighted by Gasteiger charge is 2.40. The zero-order valence-corrected chi connectivity index (χ0v) is 29.7. The Labute approximate surface area is 279 Å². The first-order valence-corrected chi connectivity index (χ1v) is 18.7. The predicted molar refractivity (Wildman–Crippen MR) is 182 cm³/mol. The highest BCUT2D eigenvalue weighted by Crippen LogP contribution is 2.37. The highest BCUT2D eigenvalue weighted by molar-refractivity contribution is 6.75. The number of rotatable bonds is 22. The molecule has 1 rings (SSSR count). The van der Waals surface area contributed by atoms with E-state index in [1.54, 1.807) is 38.1 Å². The average Bonchev–Trinajstić information content (AvgIpc) is 3.00. The van der Waals surface area contributed by atoms with Gasteiger partial charge in [0.25, 0.3) is 8.41 Å². The van der Waals surface area contributed by atoms with Crippen LogP contribution in [0.3, 0.4) is 0 Å². The minimum Gasteiger partial charge on any atom is -0.368 e. The van der Waals surface area contributed by atoms with E-state index < -0.39 is 44.1 Å². The van der Waals surface area contributed by atoms with Crippen LogP contribution in [-0.2, 0) is 35.2 Å². The molecule has 0 radical (unpaired) electrons. The second-order valence-electron chi connectivity index (χ2n) is 12.9. The molecule has 0 bridgehead atoms. The molecule has 12 nitrogen and oxygen atoms in total. The molecule has 14 heteroatoms. The molecular formula is C33H55FN6O6Si. The molecular weight excluding hydrogens is 623 g/mol. The van der Waals surface area contributed by atoms with Gasteiger partial charge in [-0.1, -0.05) is 71.9 Å². The molecule has 0 saturated carbocycles. The van der Waals surface area contributed by atoms with Crippen molar-refractivity contribution in [2.45, 2.75) is 109 Å². The van der Waals surface area contributed by atoms with Crippen LogP contribution in [0.15, 0.2) is 30.3 Å². The summed E-state index contributed by atoms with van der Waals surface area (Å²) < 4.78 is 15.3. The fourth-order valence-electron chi connectivity index (χ4n) is 5.14. The van der Waals surface area contributed by atoms with E-state index in [1.165, 1.54) is 0 Å². The van der Waals surface area contributed by atoms with E-state index in [-0.39, 0.29) is 67.6 Å². The summed E-state index contributed by atoms with van der Waals surface area (Å²) in [4.78, 5) is 74.0. The summed E-state index contributed by atoms with van der Waals surface area (Å²) in [6, 6.07) is 7.71. The number of nitrogens with two attached hydrogens (primary N) is 1. The van der Waals surface area contributed by atoms with Crippen molar-refractivity contribution in [3.05, 3.63) is 35.9 Å². The van der Waals surface area contributed by atoms with E-state index in [0.29, 0.717) is 25.4 Å². The van der Waals surface area contributed by atoms with Gasteiger partial charge in [-0.2, -0.15) is 0 Å². The summed E-state index contributed by atoms with van der Waals surface area (Å²) >= 11 is 0. The maximum absolute atomic E-state index is 15.3. The van der Waals surface area contributed by atoms with Gasteiger partial charge in [0.15, 0.2) is 0 Å². The number of hydrogen-bond acceptors (Lipinski definition) is 6. The summed E-state index contributed by atoms with van der Waals surface area (Å²) in [5, 5.41) is 13.2. The molecule has 0 saturated heterocycles. The van der Waals surface area contributed by atoms with Gasteiger partial charge in [-0.25, -0.2) is 0 Å². The van der Waals surface area contributed by atoms with E-state index in [0.717, 1.165) is 5.56 Å². The Morgan fingerprint density at radius 2 is 1.32 bits per heavy atom. The maximum Gasteiger partial charge on any atom is 0.252 e. The molecule has 0 unspecified atom stereocenters. The van der Waals surface area contributed by atoms with Gasteiger partial charge < -0.3 is 36.4 Å².